The first-order valence-corrected chi connectivity index (χ1v) is 4.66. The summed E-state index contributed by atoms with van der Waals surface area (Å²) in [5.74, 6) is 0.833. The van der Waals surface area contributed by atoms with E-state index < -0.39 is 0 Å². The van der Waals surface area contributed by atoms with Crippen molar-refractivity contribution in [1.29, 1.82) is 0 Å². The fraction of sp³-hybridized carbons (Fsp3) is 0.875. The molecule has 0 aliphatic carbocycles. The monoisotopic (exact) mass is 181 g/mol. The van der Waals surface area contributed by atoms with E-state index in [9.17, 15) is 0 Å². The second kappa shape index (κ2) is 3.06. The highest BCUT2D eigenvalue weighted by Gasteiger charge is 2.29. The van der Waals surface area contributed by atoms with Gasteiger partial charge in [0, 0.05) is 12.0 Å². The number of tetrazole rings is 1. The van der Waals surface area contributed by atoms with Crippen LogP contribution in [0, 0.1) is 0 Å². The largest absolute Gasteiger partial charge is 0.311 e. The SMILES string of the molecule is Cn1nnc(CC2(C)CCCN2)n1. The van der Waals surface area contributed by atoms with E-state index in [4.69, 9.17) is 0 Å². The van der Waals surface area contributed by atoms with E-state index in [1.54, 1.807) is 7.05 Å². The van der Waals surface area contributed by atoms with Crippen molar-refractivity contribution in [3.8, 4) is 0 Å². The zero-order chi connectivity index (χ0) is 9.31. The molecule has 1 fully saturated rings. The van der Waals surface area contributed by atoms with E-state index in [0.717, 1.165) is 18.8 Å². The molecule has 1 aromatic heterocycles. The number of nitrogens with zero attached hydrogens (tertiary/aromatic N) is 4. The summed E-state index contributed by atoms with van der Waals surface area (Å²) in [7, 11) is 1.79. The average molecular weight is 181 g/mol. The molecular formula is C8H15N5. The summed E-state index contributed by atoms with van der Waals surface area (Å²) in [6.45, 7) is 3.33. The van der Waals surface area contributed by atoms with Crippen LogP contribution in [0.4, 0.5) is 0 Å². The normalized spacial score (nSPS) is 28.2. The lowest BCUT2D eigenvalue weighted by molar-refractivity contribution is 0.403. The summed E-state index contributed by atoms with van der Waals surface area (Å²) >= 11 is 0. The van der Waals surface area contributed by atoms with Crippen molar-refractivity contribution in [3.05, 3.63) is 5.82 Å². The van der Waals surface area contributed by atoms with Gasteiger partial charge in [-0.05, 0) is 31.5 Å². The van der Waals surface area contributed by atoms with Gasteiger partial charge in [-0.25, -0.2) is 0 Å². The number of hydrogen-bond acceptors (Lipinski definition) is 4. The Kier molecular flexibility index (Phi) is 2.03. The van der Waals surface area contributed by atoms with Crippen molar-refractivity contribution in [1.82, 2.24) is 25.5 Å². The van der Waals surface area contributed by atoms with Crippen molar-refractivity contribution in [3.63, 3.8) is 0 Å². The third-order valence-corrected chi connectivity index (χ3v) is 2.56. The number of rotatable bonds is 2. The van der Waals surface area contributed by atoms with Crippen LogP contribution in [0.5, 0.6) is 0 Å². The van der Waals surface area contributed by atoms with E-state index in [1.165, 1.54) is 17.6 Å². The van der Waals surface area contributed by atoms with Crippen molar-refractivity contribution in [2.45, 2.75) is 31.7 Å². The molecular weight excluding hydrogens is 166 g/mol. The fourth-order valence-electron chi connectivity index (χ4n) is 1.85. The van der Waals surface area contributed by atoms with Crippen molar-refractivity contribution >= 4 is 0 Å². The molecule has 2 heterocycles. The minimum absolute atomic E-state index is 0.184. The van der Waals surface area contributed by atoms with E-state index in [-0.39, 0.29) is 5.54 Å². The Bertz CT molecular complexity index is 286. The third-order valence-electron chi connectivity index (χ3n) is 2.56. The summed E-state index contributed by atoms with van der Waals surface area (Å²) in [6, 6.07) is 0. The Morgan fingerprint density at radius 3 is 3.00 bits per heavy atom. The van der Waals surface area contributed by atoms with Crippen LogP contribution in [0.25, 0.3) is 0 Å². The molecule has 5 heteroatoms. The Labute approximate surface area is 77.5 Å². The molecule has 1 aromatic rings. The average Bonchev–Trinajstić information content (AvgIpc) is 2.62. The first-order chi connectivity index (χ1) is 6.18. The summed E-state index contributed by atoms with van der Waals surface area (Å²) in [5.41, 5.74) is 0.184. The minimum Gasteiger partial charge on any atom is -0.311 e. The number of aromatic nitrogens is 4. The lowest BCUT2D eigenvalue weighted by atomic mass is 9.96. The molecule has 13 heavy (non-hydrogen) atoms. The maximum Gasteiger partial charge on any atom is 0.176 e. The van der Waals surface area contributed by atoms with Crippen molar-refractivity contribution in [2.75, 3.05) is 6.54 Å². The summed E-state index contributed by atoms with van der Waals surface area (Å²) in [4.78, 5) is 1.51. The maximum absolute atomic E-state index is 4.17. The summed E-state index contributed by atoms with van der Waals surface area (Å²) < 4.78 is 0. The Hall–Kier alpha value is -0.970. The molecule has 1 aliphatic heterocycles. The quantitative estimate of drug-likeness (QED) is 0.692. The second-order valence-corrected chi connectivity index (χ2v) is 3.96. The van der Waals surface area contributed by atoms with Crippen LogP contribution in [0.3, 0.4) is 0 Å². The molecule has 2 rings (SSSR count). The predicted molar refractivity (Wildman–Crippen MR) is 48.1 cm³/mol. The zero-order valence-electron chi connectivity index (χ0n) is 8.12. The van der Waals surface area contributed by atoms with Gasteiger partial charge in [0.2, 0.25) is 0 Å². The van der Waals surface area contributed by atoms with Gasteiger partial charge < -0.3 is 5.32 Å². The molecule has 5 nitrogen and oxygen atoms in total. The highest BCUT2D eigenvalue weighted by molar-refractivity contribution is 4.96. The zero-order valence-corrected chi connectivity index (χ0v) is 8.12. The van der Waals surface area contributed by atoms with Crippen LogP contribution in [0.1, 0.15) is 25.6 Å². The molecule has 0 radical (unpaired) electrons. The first-order valence-electron chi connectivity index (χ1n) is 4.66. The van der Waals surface area contributed by atoms with Crippen LogP contribution in [0.15, 0.2) is 0 Å². The van der Waals surface area contributed by atoms with Gasteiger partial charge in [0.15, 0.2) is 5.82 Å². The van der Waals surface area contributed by atoms with Gasteiger partial charge >= 0.3 is 0 Å². The Balaban J connectivity index is 2.04. The minimum atomic E-state index is 0.184. The molecule has 0 amide bonds. The van der Waals surface area contributed by atoms with Crippen LogP contribution in [0.2, 0.25) is 0 Å². The molecule has 0 bridgehead atoms. The van der Waals surface area contributed by atoms with Crippen molar-refractivity contribution < 1.29 is 0 Å². The molecule has 1 aliphatic rings. The Morgan fingerprint density at radius 1 is 1.62 bits per heavy atom. The molecule has 1 saturated heterocycles. The van der Waals surface area contributed by atoms with Gasteiger partial charge in [-0.1, -0.05) is 0 Å². The summed E-state index contributed by atoms with van der Waals surface area (Å²) in [6.07, 6.45) is 3.32. The topological polar surface area (TPSA) is 55.6 Å². The van der Waals surface area contributed by atoms with Crippen LogP contribution < -0.4 is 5.32 Å². The third kappa shape index (κ3) is 1.85. The van der Waals surface area contributed by atoms with Crippen LogP contribution >= 0.6 is 0 Å². The van der Waals surface area contributed by atoms with Crippen molar-refractivity contribution in [2.24, 2.45) is 7.05 Å². The van der Waals surface area contributed by atoms with E-state index in [0.29, 0.717) is 0 Å². The van der Waals surface area contributed by atoms with Gasteiger partial charge in [0.05, 0.1) is 7.05 Å². The number of nitrogens with one attached hydrogen (secondary N) is 1. The van der Waals surface area contributed by atoms with Gasteiger partial charge in [0.25, 0.3) is 0 Å². The van der Waals surface area contributed by atoms with Crippen LogP contribution in [-0.2, 0) is 13.5 Å². The summed E-state index contributed by atoms with van der Waals surface area (Å²) in [5, 5.41) is 15.5. The van der Waals surface area contributed by atoms with E-state index >= 15 is 0 Å². The second-order valence-electron chi connectivity index (χ2n) is 3.96. The molecule has 72 valence electrons. The smallest absolute Gasteiger partial charge is 0.176 e. The standard InChI is InChI=1S/C8H15N5/c1-8(4-3-5-9-8)6-7-10-12-13(2)11-7/h9H,3-6H2,1-2H3. The van der Waals surface area contributed by atoms with Gasteiger partial charge in [-0.2, -0.15) is 4.80 Å². The molecule has 0 saturated carbocycles. The maximum atomic E-state index is 4.17. The van der Waals surface area contributed by atoms with E-state index in [2.05, 4.69) is 27.7 Å². The molecule has 1 atom stereocenters. The highest BCUT2D eigenvalue weighted by Crippen LogP contribution is 2.21. The van der Waals surface area contributed by atoms with Gasteiger partial charge in [0.1, 0.15) is 0 Å². The number of aryl methyl sites for hydroxylation is 1. The van der Waals surface area contributed by atoms with Crippen LogP contribution in [-0.4, -0.2) is 32.3 Å². The molecule has 0 spiro atoms. The van der Waals surface area contributed by atoms with Gasteiger partial charge in [-0.3, -0.25) is 0 Å². The first kappa shape index (κ1) is 8.62. The molecule has 0 aromatic carbocycles. The van der Waals surface area contributed by atoms with Gasteiger partial charge in [-0.15, -0.1) is 10.2 Å². The Morgan fingerprint density at radius 2 is 2.46 bits per heavy atom. The predicted octanol–water partition coefficient (Wildman–Crippen LogP) is -0.105. The number of hydrogen-bond donors (Lipinski definition) is 1. The van der Waals surface area contributed by atoms with E-state index in [1.807, 2.05) is 0 Å². The molecule has 1 N–H and O–H groups in total. The lowest BCUT2D eigenvalue weighted by Crippen LogP contribution is -2.38. The fourth-order valence-corrected chi connectivity index (χ4v) is 1.85. The lowest BCUT2D eigenvalue weighted by Gasteiger charge is -2.21. The highest BCUT2D eigenvalue weighted by atomic mass is 15.6. The molecule has 1 unspecified atom stereocenters.